The molecule has 0 spiro atoms. The Morgan fingerprint density at radius 3 is 1.67 bits per heavy atom. The number of carboxylic acids is 2. The fourth-order valence-corrected chi connectivity index (χ4v) is 0.843. The molecule has 0 aliphatic carbocycles. The van der Waals surface area contributed by atoms with E-state index < -0.39 is 11.9 Å². The van der Waals surface area contributed by atoms with Crippen LogP contribution in [-0.2, 0) is 0 Å². The van der Waals surface area contributed by atoms with Gasteiger partial charge in [0.2, 0.25) is 0 Å². The van der Waals surface area contributed by atoms with Gasteiger partial charge in [-0.3, -0.25) is 0 Å². The molecule has 0 heterocycles. The van der Waals surface area contributed by atoms with Crippen molar-refractivity contribution in [3.63, 3.8) is 0 Å². The van der Waals surface area contributed by atoms with Crippen molar-refractivity contribution in [2.45, 2.75) is 6.92 Å². The van der Waals surface area contributed by atoms with Gasteiger partial charge in [0.1, 0.15) is 0 Å². The summed E-state index contributed by atoms with van der Waals surface area (Å²) in [5.41, 5.74) is -0.0372. The fraction of sp³-hybridized carbons (Fsp3) is 0.333. The quantitative estimate of drug-likeness (QED) is 0.630. The number of aliphatic hydroxyl groups excluding tert-OH is 2. The molecule has 0 unspecified atom stereocenters. The number of benzene rings is 1. The molecule has 18 heavy (non-hydrogen) atoms. The van der Waals surface area contributed by atoms with Gasteiger partial charge in [0.25, 0.3) is 0 Å². The molecule has 0 aliphatic rings. The van der Waals surface area contributed by atoms with Gasteiger partial charge in [0.05, 0.1) is 11.1 Å². The Balaban J connectivity index is 0.000000411. The van der Waals surface area contributed by atoms with Crippen LogP contribution in [-0.4, -0.2) is 45.6 Å². The van der Waals surface area contributed by atoms with Gasteiger partial charge in [0, 0.05) is 19.1 Å². The third-order valence-corrected chi connectivity index (χ3v) is 1.98. The zero-order valence-corrected chi connectivity index (χ0v) is 9.91. The Morgan fingerprint density at radius 2 is 1.44 bits per heavy atom. The highest BCUT2D eigenvalue weighted by Crippen LogP contribution is 2.04. The zero-order valence-electron chi connectivity index (χ0n) is 9.91. The van der Waals surface area contributed by atoms with Crippen LogP contribution in [0.15, 0.2) is 24.3 Å². The van der Waals surface area contributed by atoms with Crippen LogP contribution in [0.1, 0.15) is 27.6 Å². The van der Waals surface area contributed by atoms with Crippen molar-refractivity contribution in [2.75, 3.05) is 13.2 Å². The Bertz CT molecular complexity index is 368. The predicted octanol–water partition coefficient (Wildman–Crippen LogP) is 0.690. The Kier molecular flexibility index (Phi) is 7.34. The van der Waals surface area contributed by atoms with E-state index in [9.17, 15) is 9.59 Å². The number of aliphatic hydroxyl groups is 2. The Hall–Kier alpha value is -1.92. The molecule has 1 aromatic rings. The van der Waals surface area contributed by atoms with Gasteiger partial charge < -0.3 is 20.4 Å². The molecule has 0 fully saturated rings. The van der Waals surface area contributed by atoms with E-state index in [0.717, 1.165) is 6.07 Å². The molecule has 0 bridgehead atoms. The number of hydrogen-bond donors (Lipinski definition) is 4. The predicted molar refractivity (Wildman–Crippen MR) is 63.7 cm³/mol. The van der Waals surface area contributed by atoms with E-state index in [4.69, 9.17) is 20.4 Å². The number of carbonyl (C=O) groups is 2. The maximum atomic E-state index is 10.4. The molecule has 6 heteroatoms. The minimum atomic E-state index is -1.13. The van der Waals surface area contributed by atoms with Crippen LogP contribution >= 0.6 is 0 Å². The molecule has 0 saturated heterocycles. The summed E-state index contributed by atoms with van der Waals surface area (Å²) in [6.07, 6.45) is 0. The molecule has 0 amide bonds. The van der Waals surface area contributed by atoms with Crippen LogP contribution < -0.4 is 0 Å². The van der Waals surface area contributed by atoms with Crippen molar-refractivity contribution in [3.8, 4) is 0 Å². The second-order valence-corrected chi connectivity index (χ2v) is 3.66. The summed E-state index contributed by atoms with van der Waals surface area (Å²) in [7, 11) is 0. The largest absolute Gasteiger partial charge is 0.478 e. The number of rotatable bonds is 4. The average Bonchev–Trinajstić information content (AvgIpc) is 2.38. The van der Waals surface area contributed by atoms with Crippen LogP contribution in [0.2, 0.25) is 0 Å². The minimum absolute atomic E-state index is 0.0186. The normalized spacial score (nSPS) is 9.56. The molecule has 0 atom stereocenters. The monoisotopic (exact) mass is 256 g/mol. The molecule has 1 aromatic carbocycles. The molecule has 100 valence electrons. The van der Waals surface area contributed by atoms with Crippen molar-refractivity contribution < 1.29 is 30.0 Å². The van der Waals surface area contributed by atoms with Crippen molar-refractivity contribution in [2.24, 2.45) is 5.92 Å². The van der Waals surface area contributed by atoms with Gasteiger partial charge in [-0.15, -0.1) is 0 Å². The van der Waals surface area contributed by atoms with Crippen molar-refractivity contribution >= 4 is 11.9 Å². The Labute approximate surface area is 104 Å². The fourth-order valence-electron chi connectivity index (χ4n) is 0.843. The van der Waals surface area contributed by atoms with Gasteiger partial charge in [0.15, 0.2) is 0 Å². The molecular weight excluding hydrogens is 240 g/mol. The average molecular weight is 256 g/mol. The van der Waals surface area contributed by atoms with Gasteiger partial charge >= 0.3 is 11.9 Å². The lowest BCUT2D eigenvalue weighted by atomic mass is 10.1. The van der Waals surface area contributed by atoms with E-state index in [1.165, 1.54) is 18.2 Å². The maximum Gasteiger partial charge on any atom is 0.335 e. The third kappa shape index (κ3) is 5.97. The van der Waals surface area contributed by atoms with E-state index >= 15 is 0 Å². The maximum absolute atomic E-state index is 10.4. The first-order valence-electron chi connectivity index (χ1n) is 5.20. The highest BCUT2D eigenvalue weighted by Gasteiger charge is 2.06. The lowest BCUT2D eigenvalue weighted by molar-refractivity contribution is 0.0696. The smallest absolute Gasteiger partial charge is 0.335 e. The summed E-state index contributed by atoms with van der Waals surface area (Å²) < 4.78 is 0. The zero-order chi connectivity index (χ0) is 14.1. The summed E-state index contributed by atoms with van der Waals surface area (Å²) in [5.74, 6) is -2.21. The van der Waals surface area contributed by atoms with Crippen LogP contribution in [0.5, 0.6) is 0 Å². The molecular formula is C12H16O6. The van der Waals surface area contributed by atoms with Crippen LogP contribution in [0.4, 0.5) is 0 Å². The standard InChI is InChI=1S/C8H6O4.C4H10O2/c9-7(10)5-2-1-3-6(4-5)8(11)12;1-4(2-5)3-6/h1-4H,(H,9,10)(H,11,12);4-6H,2-3H2,1H3. The third-order valence-electron chi connectivity index (χ3n) is 1.98. The van der Waals surface area contributed by atoms with Gasteiger partial charge in [-0.1, -0.05) is 13.0 Å². The second-order valence-electron chi connectivity index (χ2n) is 3.66. The summed E-state index contributed by atoms with van der Waals surface area (Å²) in [6.45, 7) is 1.94. The van der Waals surface area contributed by atoms with Crippen molar-refractivity contribution in [1.82, 2.24) is 0 Å². The van der Waals surface area contributed by atoms with E-state index in [2.05, 4.69) is 0 Å². The van der Waals surface area contributed by atoms with E-state index in [-0.39, 0.29) is 30.3 Å². The first-order valence-corrected chi connectivity index (χ1v) is 5.20. The van der Waals surface area contributed by atoms with E-state index in [1.807, 2.05) is 0 Å². The summed E-state index contributed by atoms with van der Waals surface area (Å²) in [5, 5.41) is 33.3. The van der Waals surface area contributed by atoms with Crippen LogP contribution in [0.3, 0.4) is 0 Å². The molecule has 4 N–H and O–H groups in total. The molecule has 0 saturated carbocycles. The lowest BCUT2D eigenvalue weighted by Crippen LogP contribution is -2.04. The van der Waals surface area contributed by atoms with Gasteiger partial charge in [-0.25, -0.2) is 9.59 Å². The minimum Gasteiger partial charge on any atom is -0.478 e. The Morgan fingerprint density at radius 1 is 1.06 bits per heavy atom. The van der Waals surface area contributed by atoms with Gasteiger partial charge in [-0.2, -0.15) is 0 Å². The highest BCUT2D eigenvalue weighted by molar-refractivity contribution is 5.93. The first-order chi connectivity index (χ1) is 8.42. The van der Waals surface area contributed by atoms with Crippen molar-refractivity contribution in [3.05, 3.63) is 35.4 Å². The summed E-state index contributed by atoms with van der Waals surface area (Å²) >= 11 is 0. The van der Waals surface area contributed by atoms with Crippen molar-refractivity contribution in [1.29, 1.82) is 0 Å². The molecule has 6 nitrogen and oxygen atoms in total. The molecule has 1 rings (SSSR count). The number of hydrogen-bond acceptors (Lipinski definition) is 4. The summed E-state index contributed by atoms with van der Waals surface area (Å²) in [6, 6.07) is 5.20. The molecule has 0 radical (unpaired) electrons. The van der Waals surface area contributed by atoms with Crippen LogP contribution in [0.25, 0.3) is 0 Å². The summed E-state index contributed by atoms with van der Waals surface area (Å²) in [4.78, 5) is 20.8. The SMILES string of the molecule is CC(CO)CO.O=C(O)c1cccc(C(=O)O)c1. The highest BCUT2D eigenvalue weighted by atomic mass is 16.4. The molecule has 0 aromatic heterocycles. The first kappa shape index (κ1) is 16.1. The lowest BCUT2D eigenvalue weighted by Gasteiger charge is -1.97. The second kappa shape index (κ2) is 8.21. The molecule has 0 aliphatic heterocycles. The van der Waals surface area contributed by atoms with Crippen LogP contribution in [0, 0.1) is 5.92 Å². The van der Waals surface area contributed by atoms with E-state index in [1.54, 1.807) is 6.92 Å². The van der Waals surface area contributed by atoms with Gasteiger partial charge in [-0.05, 0) is 18.2 Å². The number of aromatic carboxylic acids is 2. The van der Waals surface area contributed by atoms with E-state index in [0.29, 0.717) is 0 Å². The topological polar surface area (TPSA) is 115 Å². The number of carboxylic acid groups (broad SMARTS) is 2.